The fourth-order valence-corrected chi connectivity index (χ4v) is 9.19. The van der Waals surface area contributed by atoms with E-state index in [9.17, 15) is 0 Å². The van der Waals surface area contributed by atoms with Crippen molar-refractivity contribution in [2.75, 3.05) is 0 Å². The van der Waals surface area contributed by atoms with Crippen molar-refractivity contribution in [3.8, 4) is 55.6 Å². The summed E-state index contributed by atoms with van der Waals surface area (Å²) in [5.41, 5.74) is 16.8. The molecular formula is C49H32S. The van der Waals surface area contributed by atoms with Gasteiger partial charge in [0, 0.05) is 26.1 Å². The van der Waals surface area contributed by atoms with Crippen molar-refractivity contribution in [3.05, 3.63) is 205 Å². The fraction of sp³-hybridized carbons (Fsp3) is 0.0204. The average molecular weight is 653 g/mol. The Morgan fingerprint density at radius 2 is 0.880 bits per heavy atom. The lowest BCUT2D eigenvalue weighted by Crippen LogP contribution is -1.98. The van der Waals surface area contributed by atoms with Crippen LogP contribution < -0.4 is 0 Å². The second-order valence-electron chi connectivity index (χ2n) is 13.3. The number of benzene rings is 8. The Hall–Kier alpha value is -6.02. The van der Waals surface area contributed by atoms with Crippen LogP contribution in [0.2, 0.25) is 0 Å². The highest BCUT2D eigenvalue weighted by atomic mass is 32.1. The van der Waals surface area contributed by atoms with Crippen LogP contribution >= 0.6 is 11.3 Å². The summed E-state index contributed by atoms with van der Waals surface area (Å²) in [6, 6.07) is 69.2. The zero-order valence-electron chi connectivity index (χ0n) is 27.4. The van der Waals surface area contributed by atoms with Crippen molar-refractivity contribution in [2.24, 2.45) is 0 Å². The first-order valence-electron chi connectivity index (χ1n) is 17.3. The zero-order valence-corrected chi connectivity index (χ0v) is 28.2. The van der Waals surface area contributed by atoms with Crippen LogP contribution in [-0.2, 0) is 0 Å². The maximum Gasteiger partial charge on any atom is 0.0433 e. The molecule has 1 heteroatoms. The molecule has 1 aromatic heterocycles. The highest BCUT2D eigenvalue weighted by Crippen LogP contribution is 2.50. The van der Waals surface area contributed by atoms with E-state index in [1.165, 1.54) is 92.5 Å². The van der Waals surface area contributed by atoms with Gasteiger partial charge in [0.25, 0.3) is 0 Å². The van der Waals surface area contributed by atoms with Crippen LogP contribution in [0.15, 0.2) is 188 Å². The quantitative estimate of drug-likeness (QED) is 0.174. The van der Waals surface area contributed by atoms with E-state index < -0.39 is 0 Å². The van der Waals surface area contributed by atoms with Crippen molar-refractivity contribution < 1.29 is 0 Å². The Morgan fingerprint density at radius 1 is 0.320 bits per heavy atom. The number of fused-ring (bicyclic) bond motifs is 6. The standard InChI is InChI=1S/C49H32S/c1-3-12-32(13-4-1)34-16-9-17-35(28-34)36-18-10-19-37(29-36)38-25-27-47-46(30-38)44-23-11-22-40(49(44)50-47)39-24-26-43-45(31-39)41-20-7-8-21-42(41)48(43)33-14-5-2-6-15-33/h1-31,48H. The van der Waals surface area contributed by atoms with Gasteiger partial charge in [0.05, 0.1) is 0 Å². The van der Waals surface area contributed by atoms with Crippen LogP contribution in [0.25, 0.3) is 75.8 Å². The molecule has 0 fully saturated rings. The van der Waals surface area contributed by atoms with Gasteiger partial charge in [0.1, 0.15) is 0 Å². The van der Waals surface area contributed by atoms with Gasteiger partial charge in [0.15, 0.2) is 0 Å². The second kappa shape index (κ2) is 11.8. The van der Waals surface area contributed by atoms with Crippen molar-refractivity contribution in [1.82, 2.24) is 0 Å². The predicted molar refractivity (Wildman–Crippen MR) is 214 cm³/mol. The summed E-state index contributed by atoms with van der Waals surface area (Å²) in [6.07, 6.45) is 0. The van der Waals surface area contributed by atoms with Crippen LogP contribution in [0.1, 0.15) is 22.6 Å². The largest absolute Gasteiger partial charge is 0.135 e. The topological polar surface area (TPSA) is 0 Å². The van der Waals surface area contributed by atoms with Gasteiger partial charge in [0.2, 0.25) is 0 Å². The predicted octanol–water partition coefficient (Wildman–Crippen LogP) is 13.9. The first-order valence-corrected chi connectivity index (χ1v) is 18.1. The molecule has 0 spiro atoms. The number of hydrogen-bond donors (Lipinski definition) is 0. The molecular weight excluding hydrogens is 621 g/mol. The molecule has 0 nitrogen and oxygen atoms in total. The van der Waals surface area contributed by atoms with Gasteiger partial charge < -0.3 is 0 Å². The molecule has 10 rings (SSSR count). The van der Waals surface area contributed by atoms with Crippen molar-refractivity contribution in [3.63, 3.8) is 0 Å². The zero-order chi connectivity index (χ0) is 33.0. The normalized spacial score (nSPS) is 13.4. The molecule has 234 valence electrons. The molecule has 1 aliphatic carbocycles. The molecule has 8 aromatic carbocycles. The van der Waals surface area contributed by atoms with Gasteiger partial charge >= 0.3 is 0 Å². The summed E-state index contributed by atoms with van der Waals surface area (Å²) in [5, 5.41) is 2.63. The van der Waals surface area contributed by atoms with Crippen molar-refractivity contribution in [1.29, 1.82) is 0 Å². The van der Waals surface area contributed by atoms with E-state index in [-0.39, 0.29) is 5.92 Å². The van der Waals surface area contributed by atoms with Gasteiger partial charge in [-0.2, -0.15) is 0 Å². The average Bonchev–Trinajstić information content (AvgIpc) is 3.74. The SMILES string of the molecule is c1ccc(-c2cccc(-c3cccc(-c4ccc5sc6c(-c7ccc8c(c7)-c7ccccc7C8c7ccccc7)cccc6c5c4)c3)c2)cc1. The van der Waals surface area contributed by atoms with Gasteiger partial charge in [-0.05, 0) is 103 Å². The fourth-order valence-electron chi connectivity index (χ4n) is 7.97. The summed E-state index contributed by atoms with van der Waals surface area (Å²) in [7, 11) is 0. The van der Waals surface area contributed by atoms with Crippen LogP contribution in [0.3, 0.4) is 0 Å². The maximum absolute atomic E-state index is 2.43. The Balaban J connectivity index is 1.04. The van der Waals surface area contributed by atoms with Crippen LogP contribution in [0, 0.1) is 0 Å². The smallest absolute Gasteiger partial charge is 0.0433 e. The number of rotatable bonds is 5. The Kier molecular flexibility index (Phi) is 6.85. The summed E-state index contributed by atoms with van der Waals surface area (Å²) in [5.74, 6) is 0.265. The van der Waals surface area contributed by atoms with E-state index in [2.05, 4.69) is 188 Å². The Morgan fingerprint density at radius 3 is 1.64 bits per heavy atom. The highest BCUT2D eigenvalue weighted by Gasteiger charge is 2.30. The molecule has 1 heterocycles. The van der Waals surface area contributed by atoms with E-state index in [0.717, 1.165) is 0 Å². The summed E-state index contributed by atoms with van der Waals surface area (Å²) in [4.78, 5) is 0. The number of hydrogen-bond acceptors (Lipinski definition) is 1. The van der Waals surface area contributed by atoms with Crippen molar-refractivity contribution >= 4 is 31.5 Å². The molecule has 0 radical (unpaired) electrons. The summed E-state index contributed by atoms with van der Waals surface area (Å²) in [6.45, 7) is 0. The molecule has 1 atom stereocenters. The molecule has 0 bridgehead atoms. The van der Waals surface area contributed by atoms with Gasteiger partial charge in [-0.1, -0.05) is 158 Å². The van der Waals surface area contributed by atoms with Crippen LogP contribution in [-0.4, -0.2) is 0 Å². The lowest BCUT2D eigenvalue weighted by molar-refractivity contribution is 1.02. The van der Waals surface area contributed by atoms with Crippen LogP contribution in [0.4, 0.5) is 0 Å². The summed E-state index contributed by atoms with van der Waals surface area (Å²) >= 11 is 1.90. The Labute approximate surface area is 296 Å². The molecule has 0 amide bonds. The lowest BCUT2D eigenvalue weighted by atomic mass is 9.89. The third kappa shape index (κ3) is 4.82. The van der Waals surface area contributed by atoms with Gasteiger partial charge in [-0.3, -0.25) is 0 Å². The maximum atomic E-state index is 2.43. The first-order chi connectivity index (χ1) is 24.8. The van der Waals surface area contributed by atoms with Crippen molar-refractivity contribution in [2.45, 2.75) is 5.92 Å². The highest BCUT2D eigenvalue weighted by molar-refractivity contribution is 7.26. The number of thiophene rings is 1. The second-order valence-corrected chi connectivity index (χ2v) is 14.3. The molecule has 1 aliphatic rings. The molecule has 9 aromatic rings. The lowest BCUT2D eigenvalue weighted by Gasteiger charge is -2.14. The van der Waals surface area contributed by atoms with E-state index >= 15 is 0 Å². The summed E-state index contributed by atoms with van der Waals surface area (Å²) < 4.78 is 2.66. The van der Waals surface area contributed by atoms with E-state index in [1.54, 1.807) is 0 Å². The molecule has 1 unspecified atom stereocenters. The minimum atomic E-state index is 0.265. The third-order valence-electron chi connectivity index (χ3n) is 10.4. The van der Waals surface area contributed by atoms with Gasteiger partial charge in [-0.15, -0.1) is 11.3 Å². The molecule has 50 heavy (non-hydrogen) atoms. The minimum absolute atomic E-state index is 0.265. The van der Waals surface area contributed by atoms with Crippen LogP contribution in [0.5, 0.6) is 0 Å². The van der Waals surface area contributed by atoms with E-state index in [0.29, 0.717) is 0 Å². The molecule has 0 aliphatic heterocycles. The van der Waals surface area contributed by atoms with E-state index in [4.69, 9.17) is 0 Å². The van der Waals surface area contributed by atoms with Gasteiger partial charge in [-0.25, -0.2) is 0 Å². The molecule has 0 saturated carbocycles. The molecule has 0 saturated heterocycles. The first kappa shape index (κ1) is 28.9. The molecule has 0 N–H and O–H groups in total. The third-order valence-corrected chi connectivity index (χ3v) is 11.6. The monoisotopic (exact) mass is 652 g/mol. The Bertz CT molecular complexity index is 2700. The van der Waals surface area contributed by atoms with E-state index in [1.807, 2.05) is 11.3 Å². The minimum Gasteiger partial charge on any atom is -0.135 e.